The van der Waals surface area contributed by atoms with Crippen molar-refractivity contribution in [2.75, 3.05) is 5.32 Å². The van der Waals surface area contributed by atoms with Crippen molar-refractivity contribution in [1.82, 2.24) is 9.97 Å². The first-order valence-electron chi connectivity index (χ1n) is 8.04. The number of anilines is 1. The summed E-state index contributed by atoms with van der Waals surface area (Å²) < 4.78 is 5.30. The van der Waals surface area contributed by atoms with E-state index >= 15 is 0 Å². The van der Waals surface area contributed by atoms with E-state index in [0.29, 0.717) is 16.3 Å². The van der Waals surface area contributed by atoms with Crippen molar-refractivity contribution in [3.05, 3.63) is 77.8 Å². The van der Waals surface area contributed by atoms with Gasteiger partial charge in [-0.1, -0.05) is 42.5 Å². The number of carbonyl (C=O) groups excluding carboxylic acids is 1. The molecule has 0 unspecified atom stereocenters. The van der Waals surface area contributed by atoms with E-state index < -0.39 is 0 Å². The number of aromatic nitrogens is 2. The maximum Gasteiger partial charge on any atom is 0.267 e. The second kappa shape index (κ2) is 6.93. The normalized spacial score (nSPS) is 10.7. The molecule has 6 heteroatoms. The highest BCUT2D eigenvalue weighted by atomic mass is 32.1. The molecule has 128 valence electrons. The van der Waals surface area contributed by atoms with E-state index in [0.717, 1.165) is 21.8 Å². The first-order chi connectivity index (χ1) is 12.7. The Morgan fingerprint density at radius 1 is 1.08 bits per heavy atom. The molecule has 4 aromatic rings. The fraction of sp³-hybridized carbons (Fsp3) is 0.0500. The van der Waals surface area contributed by atoms with Gasteiger partial charge in [0.1, 0.15) is 9.88 Å². The Bertz CT molecular complexity index is 1040. The number of oxazole rings is 1. The first-order valence-corrected chi connectivity index (χ1v) is 8.85. The number of aryl methyl sites for hydroxylation is 1. The smallest absolute Gasteiger partial charge is 0.267 e. The van der Waals surface area contributed by atoms with Crippen molar-refractivity contribution >= 4 is 22.9 Å². The van der Waals surface area contributed by atoms with Crippen molar-refractivity contribution in [3.8, 4) is 21.9 Å². The monoisotopic (exact) mass is 361 g/mol. The molecule has 26 heavy (non-hydrogen) atoms. The van der Waals surface area contributed by atoms with Crippen LogP contribution in [0.5, 0.6) is 0 Å². The van der Waals surface area contributed by atoms with Gasteiger partial charge < -0.3 is 9.73 Å². The minimum Gasteiger partial charge on any atom is -0.444 e. The minimum absolute atomic E-state index is 0.170. The lowest BCUT2D eigenvalue weighted by Gasteiger charge is -2.05. The number of thiazole rings is 1. The number of rotatable bonds is 4. The molecule has 0 aliphatic carbocycles. The zero-order valence-electron chi connectivity index (χ0n) is 14.0. The van der Waals surface area contributed by atoms with Gasteiger partial charge in [-0.3, -0.25) is 4.79 Å². The number of hydrogen-bond acceptors (Lipinski definition) is 5. The quantitative estimate of drug-likeness (QED) is 0.554. The maximum absolute atomic E-state index is 12.7. The molecular weight excluding hydrogens is 346 g/mol. The molecule has 2 aromatic carbocycles. The summed E-state index contributed by atoms with van der Waals surface area (Å²) in [5.41, 5.74) is 3.27. The number of nitrogens with one attached hydrogen (secondary N) is 1. The van der Waals surface area contributed by atoms with Gasteiger partial charge in [-0.2, -0.15) is 0 Å². The summed E-state index contributed by atoms with van der Waals surface area (Å²) in [7, 11) is 0. The summed E-state index contributed by atoms with van der Waals surface area (Å²) in [4.78, 5) is 21.8. The Labute approximate surface area is 154 Å². The van der Waals surface area contributed by atoms with Crippen molar-refractivity contribution in [2.24, 2.45) is 0 Å². The molecule has 5 nitrogen and oxygen atoms in total. The average Bonchev–Trinajstić information content (AvgIpc) is 3.32. The summed E-state index contributed by atoms with van der Waals surface area (Å²) in [5.74, 6) is 0.485. The fourth-order valence-electron chi connectivity index (χ4n) is 2.61. The fourth-order valence-corrected chi connectivity index (χ4v) is 3.57. The van der Waals surface area contributed by atoms with Gasteiger partial charge in [-0.05, 0) is 19.1 Å². The van der Waals surface area contributed by atoms with E-state index in [9.17, 15) is 4.79 Å². The van der Waals surface area contributed by atoms with Crippen LogP contribution in [0, 0.1) is 6.92 Å². The lowest BCUT2D eigenvalue weighted by Crippen LogP contribution is -2.11. The van der Waals surface area contributed by atoms with E-state index in [-0.39, 0.29) is 5.91 Å². The molecule has 1 amide bonds. The van der Waals surface area contributed by atoms with Crippen molar-refractivity contribution < 1.29 is 9.21 Å². The Kier molecular flexibility index (Phi) is 4.33. The minimum atomic E-state index is -0.170. The van der Waals surface area contributed by atoms with Gasteiger partial charge >= 0.3 is 0 Å². The molecule has 0 fully saturated rings. The van der Waals surface area contributed by atoms with Crippen molar-refractivity contribution in [3.63, 3.8) is 0 Å². The molecule has 0 bridgehead atoms. The number of hydrogen-bond donors (Lipinski definition) is 1. The molecule has 0 spiro atoms. The molecule has 0 atom stereocenters. The van der Waals surface area contributed by atoms with E-state index in [2.05, 4.69) is 15.3 Å². The lowest BCUT2D eigenvalue weighted by atomic mass is 10.1. The molecule has 1 N–H and O–H groups in total. The third kappa shape index (κ3) is 3.27. The number of carbonyl (C=O) groups is 1. The lowest BCUT2D eigenvalue weighted by molar-refractivity contribution is 0.103. The SMILES string of the molecule is Cc1nc(-c2ccccc2)sc1C(=O)Nc1cccc(-c2cnco2)c1. The predicted octanol–water partition coefficient (Wildman–Crippen LogP) is 5.03. The zero-order valence-corrected chi connectivity index (χ0v) is 14.8. The van der Waals surface area contributed by atoms with Crippen LogP contribution in [0.3, 0.4) is 0 Å². The number of nitrogens with zero attached hydrogens (tertiary/aromatic N) is 2. The molecule has 2 heterocycles. The Morgan fingerprint density at radius 2 is 1.88 bits per heavy atom. The Morgan fingerprint density at radius 3 is 2.65 bits per heavy atom. The van der Waals surface area contributed by atoms with Crippen LogP contribution in [0.1, 0.15) is 15.4 Å². The predicted molar refractivity (Wildman–Crippen MR) is 102 cm³/mol. The zero-order chi connectivity index (χ0) is 17.9. The second-order valence-corrected chi connectivity index (χ2v) is 6.70. The second-order valence-electron chi connectivity index (χ2n) is 5.70. The molecule has 0 aliphatic heterocycles. The topological polar surface area (TPSA) is 68.0 Å². The Balaban J connectivity index is 1.58. The summed E-state index contributed by atoms with van der Waals surface area (Å²) >= 11 is 1.39. The standard InChI is InChI=1S/C20H15N3O2S/c1-13-18(26-20(22-13)14-6-3-2-4-7-14)19(24)23-16-9-5-8-15(10-16)17-11-21-12-25-17/h2-12H,1H3,(H,23,24). The summed E-state index contributed by atoms with van der Waals surface area (Å²) in [6, 6.07) is 17.3. The van der Waals surface area contributed by atoms with Crippen LogP contribution in [-0.2, 0) is 0 Å². The number of benzene rings is 2. The highest BCUT2D eigenvalue weighted by molar-refractivity contribution is 7.17. The van der Waals surface area contributed by atoms with Gasteiger partial charge in [0.15, 0.2) is 12.2 Å². The van der Waals surface area contributed by atoms with Crippen LogP contribution >= 0.6 is 11.3 Å². The van der Waals surface area contributed by atoms with Crippen LogP contribution in [0.15, 0.2) is 71.6 Å². The van der Waals surface area contributed by atoms with E-state index in [1.807, 2.05) is 61.5 Å². The van der Waals surface area contributed by atoms with Gasteiger partial charge in [0, 0.05) is 16.8 Å². The molecular formula is C20H15N3O2S. The van der Waals surface area contributed by atoms with E-state index in [1.165, 1.54) is 17.7 Å². The molecule has 0 saturated heterocycles. The van der Waals surface area contributed by atoms with Gasteiger partial charge in [-0.15, -0.1) is 11.3 Å². The number of amides is 1. The average molecular weight is 361 g/mol. The van der Waals surface area contributed by atoms with Crippen LogP contribution in [0.2, 0.25) is 0 Å². The molecule has 0 aliphatic rings. The van der Waals surface area contributed by atoms with Crippen LogP contribution in [-0.4, -0.2) is 15.9 Å². The van der Waals surface area contributed by atoms with E-state index in [1.54, 1.807) is 6.20 Å². The third-order valence-corrected chi connectivity index (χ3v) is 5.07. The molecule has 0 saturated carbocycles. The van der Waals surface area contributed by atoms with Gasteiger partial charge in [0.05, 0.1) is 11.9 Å². The maximum atomic E-state index is 12.7. The van der Waals surface area contributed by atoms with Crippen LogP contribution < -0.4 is 5.32 Å². The first kappa shape index (κ1) is 16.2. The van der Waals surface area contributed by atoms with Gasteiger partial charge in [-0.25, -0.2) is 9.97 Å². The van der Waals surface area contributed by atoms with Crippen molar-refractivity contribution in [1.29, 1.82) is 0 Å². The largest absolute Gasteiger partial charge is 0.444 e. The van der Waals surface area contributed by atoms with Gasteiger partial charge in [0.2, 0.25) is 0 Å². The molecule has 0 radical (unpaired) electrons. The van der Waals surface area contributed by atoms with Gasteiger partial charge in [0.25, 0.3) is 5.91 Å². The Hall–Kier alpha value is -3.25. The van der Waals surface area contributed by atoms with Crippen LogP contribution in [0.4, 0.5) is 5.69 Å². The van der Waals surface area contributed by atoms with Crippen molar-refractivity contribution in [2.45, 2.75) is 6.92 Å². The molecule has 2 aromatic heterocycles. The summed E-state index contributed by atoms with van der Waals surface area (Å²) in [6.45, 7) is 1.85. The summed E-state index contributed by atoms with van der Waals surface area (Å²) in [5, 5.41) is 3.77. The van der Waals surface area contributed by atoms with E-state index in [4.69, 9.17) is 4.42 Å². The summed E-state index contributed by atoms with van der Waals surface area (Å²) in [6.07, 6.45) is 3.02. The molecule has 4 rings (SSSR count). The van der Waals surface area contributed by atoms with Crippen LogP contribution in [0.25, 0.3) is 21.9 Å². The third-order valence-electron chi connectivity index (χ3n) is 3.86. The highest BCUT2D eigenvalue weighted by Gasteiger charge is 2.16. The highest BCUT2D eigenvalue weighted by Crippen LogP contribution is 2.29.